The minimum Gasteiger partial charge on any atom is -0.494 e. The lowest BCUT2D eigenvalue weighted by Crippen LogP contribution is -2.14. The summed E-state index contributed by atoms with van der Waals surface area (Å²) in [6.07, 6.45) is 0. The standard InChI is InChI=1S/C11H16FNO4/c1-14-8-5-9(15-2)11(16-3)7(10(8)12)6-13-17-4/h5,13H,6H2,1-4H3. The molecule has 1 N–H and O–H groups in total. The first kappa shape index (κ1) is 13.5. The number of rotatable bonds is 6. The van der Waals surface area contributed by atoms with Crippen molar-refractivity contribution < 1.29 is 23.4 Å². The van der Waals surface area contributed by atoms with Gasteiger partial charge in [0, 0.05) is 6.07 Å². The first-order valence-corrected chi connectivity index (χ1v) is 4.92. The van der Waals surface area contributed by atoms with E-state index < -0.39 is 5.82 Å². The molecule has 96 valence electrons. The highest BCUT2D eigenvalue weighted by atomic mass is 19.1. The van der Waals surface area contributed by atoms with Gasteiger partial charge in [-0.2, -0.15) is 5.48 Å². The molecule has 6 heteroatoms. The predicted molar refractivity (Wildman–Crippen MR) is 59.9 cm³/mol. The molecule has 0 heterocycles. The molecule has 0 unspecified atom stereocenters. The Kier molecular flexibility index (Phi) is 4.99. The number of benzene rings is 1. The van der Waals surface area contributed by atoms with Crippen LogP contribution in [0.5, 0.6) is 17.2 Å². The molecule has 0 aliphatic heterocycles. The van der Waals surface area contributed by atoms with Crippen LogP contribution in [0.25, 0.3) is 0 Å². The number of hydrogen-bond acceptors (Lipinski definition) is 5. The zero-order valence-corrected chi connectivity index (χ0v) is 10.3. The second kappa shape index (κ2) is 6.27. The minimum absolute atomic E-state index is 0.0931. The molecule has 1 aromatic rings. The molecular weight excluding hydrogens is 229 g/mol. The van der Waals surface area contributed by atoms with Gasteiger partial charge in [-0.05, 0) is 0 Å². The van der Waals surface area contributed by atoms with E-state index in [1.54, 1.807) is 0 Å². The average molecular weight is 245 g/mol. The van der Waals surface area contributed by atoms with Crippen molar-refractivity contribution in [2.45, 2.75) is 6.54 Å². The summed E-state index contributed by atoms with van der Waals surface area (Å²) in [4.78, 5) is 4.69. The quantitative estimate of drug-likeness (QED) is 0.770. The smallest absolute Gasteiger partial charge is 0.173 e. The predicted octanol–water partition coefficient (Wildman–Crippen LogP) is 1.50. The number of nitrogens with one attached hydrogen (secondary N) is 1. The van der Waals surface area contributed by atoms with Gasteiger partial charge >= 0.3 is 0 Å². The highest BCUT2D eigenvalue weighted by Crippen LogP contribution is 2.38. The molecule has 0 saturated heterocycles. The molecule has 1 rings (SSSR count). The second-order valence-electron chi connectivity index (χ2n) is 3.13. The van der Waals surface area contributed by atoms with Gasteiger partial charge in [0.15, 0.2) is 23.1 Å². The topological polar surface area (TPSA) is 49.0 Å². The molecule has 0 aliphatic rings. The lowest BCUT2D eigenvalue weighted by Gasteiger charge is -2.16. The monoisotopic (exact) mass is 245 g/mol. The van der Waals surface area contributed by atoms with E-state index >= 15 is 0 Å². The summed E-state index contributed by atoms with van der Waals surface area (Å²) in [5.74, 6) is 0.305. The third-order valence-electron chi connectivity index (χ3n) is 2.28. The Balaban J connectivity index is 3.28. The van der Waals surface area contributed by atoms with Gasteiger partial charge in [0.1, 0.15) is 0 Å². The zero-order chi connectivity index (χ0) is 12.8. The van der Waals surface area contributed by atoms with Crippen LogP contribution in [0.2, 0.25) is 0 Å². The summed E-state index contributed by atoms with van der Waals surface area (Å²) in [6, 6.07) is 1.43. The zero-order valence-electron chi connectivity index (χ0n) is 10.3. The van der Waals surface area contributed by atoms with E-state index in [1.165, 1.54) is 34.5 Å². The number of hydrogen-bond donors (Lipinski definition) is 1. The van der Waals surface area contributed by atoms with Crippen molar-refractivity contribution in [3.05, 3.63) is 17.4 Å². The fourth-order valence-electron chi connectivity index (χ4n) is 1.47. The molecule has 1 aromatic carbocycles. The van der Waals surface area contributed by atoms with Gasteiger partial charge in [-0.25, -0.2) is 4.39 Å². The molecule has 0 fully saturated rings. The van der Waals surface area contributed by atoms with Crippen molar-refractivity contribution >= 4 is 0 Å². The minimum atomic E-state index is -0.505. The molecule has 0 aliphatic carbocycles. The van der Waals surface area contributed by atoms with E-state index in [0.717, 1.165) is 0 Å². The number of ether oxygens (including phenoxy) is 3. The first-order chi connectivity index (χ1) is 8.19. The van der Waals surface area contributed by atoms with Gasteiger partial charge in [-0.3, -0.25) is 0 Å². The maximum atomic E-state index is 14.0. The Morgan fingerprint density at radius 2 is 1.71 bits per heavy atom. The Bertz CT molecular complexity index is 384. The molecule has 0 radical (unpaired) electrons. The molecule has 0 saturated carbocycles. The molecule has 0 aromatic heterocycles. The summed E-state index contributed by atoms with van der Waals surface area (Å²) in [7, 11) is 5.75. The highest BCUT2D eigenvalue weighted by Gasteiger charge is 2.20. The fourth-order valence-corrected chi connectivity index (χ4v) is 1.47. The summed E-state index contributed by atoms with van der Waals surface area (Å²) in [6.45, 7) is 0.138. The number of halogens is 1. The fraction of sp³-hybridized carbons (Fsp3) is 0.455. The van der Waals surface area contributed by atoms with Crippen LogP contribution in [0.15, 0.2) is 6.07 Å². The van der Waals surface area contributed by atoms with E-state index in [0.29, 0.717) is 11.5 Å². The van der Waals surface area contributed by atoms with Gasteiger partial charge in [0.05, 0.1) is 40.5 Å². The maximum absolute atomic E-state index is 14.0. The van der Waals surface area contributed by atoms with Crippen molar-refractivity contribution in [3.63, 3.8) is 0 Å². The van der Waals surface area contributed by atoms with Crippen molar-refractivity contribution in [2.24, 2.45) is 0 Å². The first-order valence-electron chi connectivity index (χ1n) is 4.92. The lowest BCUT2D eigenvalue weighted by molar-refractivity contribution is 0.0850. The van der Waals surface area contributed by atoms with Crippen LogP contribution in [-0.4, -0.2) is 28.4 Å². The van der Waals surface area contributed by atoms with Crippen LogP contribution in [0.3, 0.4) is 0 Å². The normalized spacial score (nSPS) is 10.2. The molecule has 0 atom stereocenters. The number of methoxy groups -OCH3 is 3. The summed E-state index contributed by atoms with van der Waals surface area (Å²) >= 11 is 0. The van der Waals surface area contributed by atoms with E-state index in [-0.39, 0.29) is 17.9 Å². The van der Waals surface area contributed by atoms with Crippen molar-refractivity contribution in [1.29, 1.82) is 0 Å². The van der Waals surface area contributed by atoms with Gasteiger partial charge < -0.3 is 19.0 Å². The Hall–Kier alpha value is -1.53. The molecule has 0 bridgehead atoms. The molecule has 5 nitrogen and oxygen atoms in total. The SMILES string of the molecule is CONCc1c(F)c(OC)cc(OC)c1OC. The van der Waals surface area contributed by atoms with Crippen LogP contribution in [0.4, 0.5) is 4.39 Å². The van der Waals surface area contributed by atoms with E-state index in [2.05, 4.69) is 5.48 Å². The Morgan fingerprint density at radius 1 is 1.06 bits per heavy atom. The summed E-state index contributed by atoms with van der Waals surface area (Å²) < 4.78 is 29.2. The summed E-state index contributed by atoms with van der Waals surface area (Å²) in [5, 5.41) is 0. The lowest BCUT2D eigenvalue weighted by atomic mass is 10.1. The van der Waals surface area contributed by atoms with E-state index in [1.807, 2.05) is 0 Å². The van der Waals surface area contributed by atoms with Crippen LogP contribution >= 0.6 is 0 Å². The molecule has 0 spiro atoms. The van der Waals surface area contributed by atoms with Crippen LogP contribution in [-0.2, 0) is 11.4 Å². The van der Waals surface area contributed by atoms with Crippen molar-refractivity contribution in [3.8, 4) is 17.2 Å². The van der Waals surface area contributed by atoms with Crippen LogP contribution < -0.4 is 19.7 Å². The largest absolute Gasteiger partial charge is 0.494 e. The Labute approximate surface area is 99.4 Å². The molecule has 17 heavy (non-hydrogen) atoms. The highest BCUT2D eigenvalue weighted by molar-refractivity contribution is 5.52. The van der Waals surface area contributed by atoms with Gasteiger partial charge in [0.25, 0.3) is 0 Å². The molecule has 0 amide bonds. The third kappa shape index (κ3) is 2.78. The van der Waals surface area contributed by atoms with Crippen molar-refractivity contribution in [2.75, 3.05) is 28.4 Å². The van der Waals surface area contributed by atoms with E-state index in [9.17, 15) is 4.39 Å². The van der Waals surface area contributed by atoms with Crippen LogP contribution in [0.1, 0.15) is 5.56 Å². The van der Waals surface area contributed by atoms with Crippen LogP contribution in [0, 0.1) is 5.82 Å². The van der Waals surface area contributed by atoms with E-state index in [4.69, 9.17) is 19.0 Å². The number of hydroxylamine groups is 1. The maximum Gasteiger partial charge on any atom is 0.173 e. The summed E-state index contributed by atoms with van der Waals surface area (Å²) in [5.41, 5.74) is 2.83. The molecular formula is C11H16FNO4. The third-order valence-corrected chi connectivity index (χ3v) is 2.28. The Morgan fingerprint density at radius 3 is 2.18 bits per heavy atom. The van der Waals surface area contributed by atoms with Gasteiger partial charge in [0.2, 0.25) is 0 Å². The average Bonchev–Trinajstić information content (AvgIpc) is 2.36. The van der Waals surface area contributed by atoms with Gasteiger partial charge in [-0.1, -0.05) is 0 Å². The van der Waals surface area contributed by atoms with Crippen molar-refractivity contribution in [1.82, 2.24) is 5.48 Å². The second-order valence-corrected chi connectivity index (χ2v) is 3.13. The van der Waals surface area contributed by atoms with Gasteiger partial charge in [-0.15, -0.1) is 0 Å².